The van der Waals surface area contributed by atoms with Crippen molar-refractivity contribution in [3.8, 4) is 11.8 Å². The summed E-state index contributed by atoms with van der Waals surface area (Å²) >= 11 is 5.88. The van der Waals surface area contributed by atoms with Crippen LogP contribution in [0.25, 0.3) is 11.5 Å². The molecule has 2 N–H and O–H groups in total. The summed E-state index contributed by atoms with van der Waals surface area (Å²) in [7, 11) is 0. The van der Waals surface area contributed by atoms with E-state index in [1.807, 2.05) is 12.1 Å². The molecular weight excluding hydrogens is 354 g/mol. The summed E-state index contributed by atoms with van der Waals surface area (Å²) in [6.07, 6.45) is 0. The molecule has 0 aliphatic carbocycles. The summed E-state index contributed by atoms with van der Waals surface area (Å²) in [5.74, 6) is -0.0452. The predicted octanol–water partition coefficient (Wildman–Crippen LogP) is 1.71. The normalized spacial score (nSPS) is 15.8. The number of hydrogen-bond donors (Lipinski definition) is 1. The highest BCUT2D eigenvalue weighted by Crippen LogP contribution is 2.31. The van der Waals surface area contributed by atoms with Crippen molar-refractivity contribution in [1.82, 2.24) is 13.9 Å². The van der Waals surface area contributed by atoms with Gasteiger partial charge in [0.15, 0.2) is 0 Å². The summed E-state index contributed by atoms with van der Waals surface area (Å²) in [5.41, 5.74) is 6.04. The number of halogens is 1. The molecule has 1 atom stereocenters. The lowest BCUT2D eigenvalue weighted by Gasteiger charge is -2.12. The van der Waals surface area contributed by atoms with Gasteiger partial charge < -0.3 is 5.73 Å². The Morgan fingerprint density at radius 2 is 1.65 bits per heavy atom. The third-order valence-electron chi connectivity index (χ3n) is 4.32. The minimum absolute atomic E-state index is 0.0452. The van der Waals surface area contributed by atoms with E-state index in [-0.39, 0.29) is 11.4 Å². The maximum absolute atomic E-state index is 13.0. The average Bonchev–Trinajstić information content (AvgIpc) is 3.09. The van der Waals surface area contributed by atoms with Crippen LogP contribution in [0.4, 0.5) is 0 Å². The van der Waals surface area contributed by atoms with Gasteiger partial charge in [-0.3, -0.25) is 0 Å². The molecule has 0 amide bonds. The monoisotopic (exact) mass is 365 g/mol. The molecule has 0 radical (unpaired) electrons. The van der Waals surface area contributed by atoms with E-state index < -0.39 is 17.4 Å². The van der Waals surface area contributed by atoms with Gasteiger partial charge in [0.2, 0.25) is 0 Å². The molecule has 2 heterocycles. The first kappa shape index (κ1) is 16.0. The first-order valence-corrected chi connectivity index (χ1v) is 8.10. The van der Waals surface area contributed by atoms with Crippen molar-refractivity contribution in [2.45, 2.75) is 6.04 Å². The third-order valence-corrected chi connectivity index (χ3v) is 4.57. The van der Waals surface area contributed by atoms with Crippen molar-refractivity contribution in [2.75, 3.05) is 0 Å². The SMILES string of the molecule is N#CC1=C(N)n2c(=O)n(-c3ccc(Cl)cc3)c(=O)n2C1c1ccccc1. The quantitative estimate of drug-likeness (QED) is 0.747. The van der Waals surface area contributed by atoms with Crippen LogP contribution in [0, 0.1) is 11.3 Å². The Labute approximate surface area is 152 Å². The molecule has 0 saturated carbocycles. The van der Waals surface area contributed by atoms with Gasteiger partial charge in [-0.15, -0.1) is 0 Å². The Balaban J connectivity index is 2.03. The van der Waals surface area contributed by atoms with Crippen LogP contribution < -0.4 is 17.1 Å². The van der Waals surface area contributed by atoms with E-state index in [0.717, 1.165) is 9.25 Å². The van der Waals surface area contributed by atoms with Gasteiger partial charge in [0.25, 0.3) is 0 Å². The molecule has 1 aliphatic rings. The third kappa shape index (κ3) is 2.13. The Hall–Kier alpha value is -3.50. The molecule has 26 heavy (non-hydrogen) atoms. The summed E-state index contributed by atoms with van der Waals surface area (Å²) in [6.45, 7) is 0. The zero-order chi connectivity index (χ0) is 18.4. The van der Waals surface area contributed by atoms with Crippen LogP contribution in [0.1, 0.15) is 11.6 Å². The van der Waals surface area contributed by atoms with Crippen molar-refractivity contribution in [3.05, 3.63) is 91.7 Å². The second-order valence-corrected chi connectivity index (χ2v) is 6.19. The molecule has 0 spiro atoms. The summed E-state index contributed by atoms with van der Waals surface area (Å²) in [4.78, 5) is 25.9. The van der Waals surface area contributed by atoms with Gasteiger partial charge in [-0.1, -0.05) is 41.9 Å². The highest BCUT2D eigenvalue weighted by atomic mass is 35.5. The first-order chi connectivity index (χ1) is 12.5. The molecule has 0 saturated heterocycles. The van der Waals surface area contributed by atoms with Crippen molar-refractivity contribution in [2.24, 2.45) is 5.73 Å². The van der Waals surface area contributed by atoms with Crippen molar-refractivity contribution < 1.29 is 0 Å². The molecule has 3 aromatic rings. The number of benzene rings is 2. The largest absolute Gasteiger partial charge is 0.383 e. The number of nitrogens with two attached hydrogens (primary N) is 1. The predicted molar refractivity (Wildman–Crippen MR) is 96.9 cm³/mol. The second kappa shape index (κ2) is 5.79. The standard InChI is InChI=1S/C18H12ClN5O2/c19-12-6-8-13(9-7-12)22-17(25)23-15(11-4-2-1-3-5-11)14(10-20)16(21)24(23)18(22)26/h1-9,15H,21H2. The van der Waals surface area contributed by atoms with Gasteiger partial charge in [-0.25, -0.2) is 18.8 Å². The second-order valence-electron chi connectivity index (χ2n) is 5.76. The van der Waals surface area contributed by atoms with E-state index in [9.17, 15) is 14.9 Å². The first-order valence-electron chi connectivity index (χ1n) is 7.72. The van der Waals surface area contributed by atoms with Crippen LogP contribution in [0.15, 0.2) is 69.8 Å². The van der Waals surface area contributed by atoms with Gasteiger partial charge in [0.05, 0.1) is 5.69 Å². The molecule has 128 valence electrons. The average molecular weight is 366 g/mol. The van der Waals surface area contributed by atoms with E-state index >= 15 is 0 Å². The van der Waals surface area contributed by atoms with Crippen LogP contribution in [0.2, 0.25) is 5.02 Å². The molecule has 1 aromatic heterocycles. The number of allylic oxidation sites excluding steroid dienone is 1. The molecular formula is C18H12ClN5O2. The Morgan fingerprint density at radius 3 is 2.27 bits per heavy atom. The maximum Gasteiger partial charge on any atom is 0.358 e. The summed E-state index contributed by atoms with van der Waals surface area (Å²) < 4.78 is 3.26. The summed E-state index contributed by atoms with van der Waals surface area (Å²) in [5, 5.41) is 10.0. The van der Waals surface area contributed by atoms with E-state index in [1.54, 1.807) is 48.5 Å². The van der Waals surface area contributed by atoms with Crippen molar-refractivity contribution in [1.29, 1.82) is 5.26 Å². The highest BCUT2D eigenvalue weighted by Gasteiger charge is 2.36. The van der Waals surface area contributed by atoms with Gasteiger partial charge in [-0.2, -0.15) is 9.94 Å². The lowest BCUT2D eigenvalue weighted by Crippen LogP contribution is -2.30. The fourth-order valence-electron chi connectivity index (χ4n) is 3.15. The number of rotatable bonds is 2. The molecule has 0 fully saturated rings. The Bertz CT molecular complexity index is 1190. The van der Waals surface area contributed by atoms with E-state index in [1.165, 1.54) is 4.68 Å². The van der Waals surface area contributed by atoms with E-state index in [2.05, 4.69) is 0 Å². The molecule has 7 nitrogen and oxygen atoms in total. The highest BCUT2D eigenvalue weighted by molar-refractivity contribution is 6.30. The molecule has 2 aromatic carbocycles. The topological polar surface area (TPSA) is 98.7 Å². The van der Waals surface area contributed by atoms with Gasteiger partial charge in [-0.05, 0) is 29.8 Å². The smallest absolute Gasteiger partial charge is 0.358 e. The lowest BCUT2D eigenvalue weighted by molar-refractivity contribution is 0.554. The Morgan fingerprint density at radius 1 is 1.00 bits per heavy atom. The summed E-state index contributed by atoms with van der Waals surface area (Å²) in [6, 6.07) is 16.6. The number of nitrogens with zero attached hydrogens (tertiary/aromatic N) is 4. The number of fused-ring (bicyclic) bond motifs is 1. The minimum Gasteiger partial charge on any atom is -0.383 e. The molecule has 8 heteroatoms. The van der Waals surface area contributed by atoms with Crippen LogP contribution in [-0.4, -0.2) is 13.9 Å². The number of hydrogen-bond acceptors (Lipinski definition) is 4. The molecule has 4 rings (SSSR count). The van der Waals surface area contributed by atoms with Gasteiger partial charge in [0, 0.05) is 5.02 Å². The fraction of sp³-hybridized carbons (Fsp3) is 0.0556. The zero-order valence-corrected chi connectivity index (χ0v) is 14.1. The molecule has 0 bridgehead atoms. The van der Waals surface area contributed by atoms with E-state index in [4.69, 9.17) is 17.3 Å². The minimum atomic E-state index is -0.755. The lowest BCUT2D eigenvalue weighted by atomic mass is 10.0. The van der Waals surface area contributed by atoms with Crippen molar-refractivity contribution in [3.63, 3.8) is 0 Å². The molecule has 1 aliphatic heterocycles. The van der Waals surface area contributed by atoms with E-state index in [0.29, 0.717) is 16.3 Å². The molecule has 1 unspecified atom stereocenters. The van der Waals surface area contributed by atoms with Crippen LogP contribution >= 0.6 is 11.6 Å². The number of aromatic nitrogens is 3. The Kier molecular flexibility index (Phi) is 3.56. The maximum atomic E-state index is 13.0. The van der Waals surface area contributed by atoms with Crippen LogP contribution in [0.3, 0.4) is 0 Å². The number of nitriles is 1. The van der Waals surface area contributed by atoms with Gasteiger partial charge >= 0.3 is 11.4 Å². The fourth-order valence-corrected chi connectivity index (χ4v) is 3.28. The van der Waals surface area contributed by atoms with Crippen molar-refractivity contribution >= 4 is 17.4 Å². The van der Waals surface area contributed by atoms with Crippen LogP contribution in [0.5, 0.6) is 0 Å². The van der Waals surface area contributed by atoms with Gasteiger partial charge in [0.1, 0.15) is 23.5 Å². The van der Waals surface area contributed by atoms with Crippen LogP contribution in [-0.2, 0) is 0 Å². The zero-order valence-electron chi connectivity index (χ0n) is 13.3.